The van der Waals surface area contributed by atoms with E-state index in [1.54, 1.807) is 20.8 Å². The van der Waals surface area contributed by atoms with Gasteiger partial charge in [0.05, 0.1) is 55.9 Å². The number of hydrogen-bond donors (Lipinski definition) is 0. The first-order valence-electron chi connectivity index (χ1n) is 17.1. The van der Waals surface area contributed by atoms with Crippen molar-refractivity contribution in [2.75, 3.05) is 0 Å². The van der Waals surface area contributed by atoms with E-state index < -0.39 is 71.9 Å². The van der Waals surface area contributed by atoms with Crippen molar-refractivity contribution in [3.63, 3.8) is 0 Å². The van der Waals surface area contributed by atoms with Crippen LogP contribution in [0.3, 0.4) is 0 Å². The Balaban J connectivity index is -0.000000329. The van der Waals surface area contributed by atoms with Gasteiger partial charge < -0.3 is 58.1 Å². The maximum Gasteiger partial charge on any atom is 3.00 e. The van der Waals surface area contributed by atoms with Gasteiger partial charge in [-0.2, -0.15) is 0 Å². The molecule has 0 amide bonds. The fourth-order valence-electron chi connectivity index (χ4n) is 5.07. The molecule has 0 aliphatic heterocycles. The standard InChI is InChI=1S/3C12H22O5.Al/c3*1-8(2)16-12(5,17-9(3)4)7-10(13)6-11(14)15;/h3*8-9H,6-7H2,1-5H3,(H,14,15);/q;;;+3/p-3. The Hall–Kier alpha value is -2.29. The molecule has 0 aliphatic rings. The van der Waals surface area contributed by atoms with Gasteiger partial charge in [-0.25, -0.2) is 0 Å². The second-order valence-electron chi connectivity index (χ2n) is 14.2. The van der Waals surface area contributed by atoms with E-state index in [0.29, 0.717) is 0 Å². The Morgan fingerprint density at radius 3 is 0.615 bits per heavy atom. The number of rotatable bonds is 24. The van der Waals surface area contributed by atoms with Crippen molar-refractivity contribution in [2.24, 2.45) is 0 Å². The number of carboxylic acids is 3. The molecule has 52 heavy (non-hydrogen) atoms. The van der Waals surface area contributed by atoms with Gasteiger partial charge in [0.25, 0.3) is 0 Å². The molecule has 0 rings (SSSR count). The van der Waals surface area contributed by atoms with Crippen LogP contribution in [0.1, 0.15) is 142 Å². The number of carboxylic acid groups (broad SMARTS) is 3. The Bertz CT molecular complexity index is 920. The molecule has 16 heteroatoms. The average Bonchev–Trinajstić information content (AvgIpc) is 2.78. The molecular formula is C36H63AlO15. The van der Waals surface area contributed by atoms with Crippen LogP contribution in [0.15, 0.2) is 0 Å². The van der Waals surface area contributed by atoms with Crippen molar-refractivity contribution in [1.82, 2.24) is 0 Å². The van der Waals surface area contributed by atoms with E-state index in [1.807, 2.05) is 83.1 Å². The predicted molar refractivity (Wildman–Crippen MR) is 186 cm³/mol. The molecule has 0 aromatic heterocycles. The summed E-state index contributed by atoms with van der Waals surface area (Å²) in [6.45, 7) is 26.8. The summed E-state index contributed by atoms with van der Waals surface area (Å²) in [5.74, 6) is -8.81. The zero-order chi connectivity index (χ0) is 40.9. The van der Waals surface area contributed by atoms with Gasteiger partial charge in [-0.05, 0) is 104 Å². The molecule has 0 bridgehead atoms. The summed E-state index contributed by atoms with van der Waals surface area (Å²) in [6.07, 6.45) is -2.83. The molecule has 0 fully saturated rings. The molecule has 300 valence electrons. The number of Topliss-reactive ketones (excluding diaryl/α,β-unsaturated/α-hetero) is 3. The maximum atomic E-state index is 11.5. The number of ether oxygens (including phenoxy) is 6. The summed E-state index contributed by atoms with van der Waals surface area (Å²) >= 11 is 0. The van der Waals surface area contributed by atoms with Crippen molar-refractivity contribution in [3.8, 4) is 0 Å². The fraction of sp³-hybridized carbons (Fsp3) is 0.833. The second-order valence-corrected chi connectivity index (χ2v) is 14.2. The Labute approximate surface area is 320 Å². The van der Waals surface area contributed by atoms with Crippen molar-refractivity contribution >= 4 is 52.6 Å². The van der Waals surface area contributed by atoms with Crippen molar-refractivity contribution in [1.29, 1.82) is 0 Å². The molecule has 15 nitrogen and oxygen atoms in total. The fourth-order valence-corrected chi connectivity index (χ4v) is 5.07. The van der Waals surface area contributed by atoms with Gasteiger partial charge in [0.2, 0.25) is 0 Å². The van der Waals surface area contributed by atoms with Crippen LogP contribution in [0.5, 0.6) is 0 Å². The molecule has 0 N–H and O–H groups in total. The van der Waals surface area contributed by atoms with Gasteiger partial charge >= 0.3 is 17.4 Å². The number of carbonyl (C=O) groups is 6. The van der Waals surface area contributed by atoms with Crippen LogP contribution in [0, 0.1) is 0 Å². The van der Waals surface area contributed by atoms with E-state index in [1.165, 1.54) is 0 Å². The van der Waals surface area contributed by atoms with Gasteiger partial charge in [0, 0.05) is 37.2 Å². The molecule has 0 aromatic carbocycles. The van der Waals surface area contributed by atoms with E-state index >= 15 is 0 Å². The van der Waals surface area contributed by atoms with Crippen LogP contribution in [0.2, 0.25) is 0 Å². The second kappa shape index (κ2) is 27.3. The van der Waals surface area contributed by atoms with Crippen LogP contribution in [0.25, 0.3) is 0 Å². The first-order valence-corrected chi connectivity index (χ1v) is 17.1. The predicted octanol–water partition coefficient (Wildman–Crippen LogP) is 1.57. The minimum absolute atomic E-state index is 0. The van der Waals surface area contributed by atoms with Gasteiger partial charge in [0.1, 0.15) is 17.3 Å². The van der Waals surface area contributed by atoms with E-state index in [4.69, 9.17) is 28.4 Å². The molecule has 0 aliphatic carbocycles. The van der Waals surface area contributed by atoms with Gasteiger partial charge in [-0.3, -0.25) is 14.4 Å². The molecule has 0 saturated heterocycles. The zero-order valence-corrected chi connectivity index (χ0v) is 35.1. The third kappa shape index (κ3) is 34.8. The topological polar surface area (TPSA) is 227 Å². The largest absolute Gasteiger partial charge is 3.00 e. The Morgan fingerprint density at radius 1 is 0.385 bits per heavy atom. The summed E-state index contributed by atoms with van der Waals surface area (Å²) in [5.41, 5.74) is 0. The van der Waals surface area contributed by atoms with E-state index in [9.17, 15) is 44.1 Å². The maximum absolute atomic E-state index is 11.5. The molecule has 0 unspecified atom stereocenters. The van der Waals surface area contributed by atoms with Crippen LogP contribution < -0.4 is 15.3 Å². The molecule has 0 atom stereocenters. The number of hydrogen-bond acceptors (Lipinski definition) is 15. The first-order chi connectivity index (χ1) is 22.9. The molecule has 0 heterocycles. The molecule has 0 radical (unpaired) electrons. The summed E-state index contributed by atoms with van der Waals surface area (Å²) in [6, 6.07) is 0. The van der Waals surface area contributed by atoms with Crippen LogP contribution >= 0.6 is 0 Å². The normalized spacial score (nSPS) is 11.9. The minimum Gasteiger partial charge on any atom is -0.550 e. The Kier molecular flexibility index (Phi) is 29.7. The quantitative estimate of drug-likeness (QED) is 0.0773. The van der Waals surface area contributed by atoms with Gasteiger partial charge in [0.15, 0.2) is 17.4 Å². The number of carbonyl (C=O) groups excluding carboxylic acids is 6. The molecule has 0 saturated carbocycles. The van der Waals surface area contributed by atoms with Crippen LogP contribution in [-0.2, 0) is 57.2 Å². The molecule has 0 aromatic rings. The van der Waals surface area contributed by atoms with E-state index in [2.05, 4.69) is 0 Å². The molecular weight excluding hydrogens is 699 g/mol. The third-order valence-corrected chi connectivity index (χ3v) is 5.49. The number of ketones is 3. The summed E-state index contributed by atoms with van der Waals surface area (Å²) in [5, 5.41) is 31.0. The monoisotopic (exact) mass is 762 g/mol. The van der Waals surface area contributed by atoms with Gasteiger partial charge in [-0.1, -0.05) is 0 Å². The zero-order valence-electron chi connectivity index (χ0n) is 33.9. The van der Waals surface area contributed by atoms with Crippen molar-refractivity contribution in [3.05, 3.63) is 0 Å². The first kappa shape index (κ1) is 56.5. The summed E-state index contributed by atoms with van der Waals surface area (Å²) < 4.78 is 33.3. The van der Waals surface area contributed by atoms with Crippen molar-refractivity contribution < 1.29 is 72.5 Å². The SMILES string of the molecule is CC(C)OC(C)(CC(=O)CC(=O)[O-])OC(C)C.CC(C)OC(C)(CC(=O)CC(=O)[O-])OC(C)C.CC(C)OC(C)(CC(=O)CC(=O)[O-])OC(C)C.[Al+3]. The van der Waals surface area contributed by atoms with Crippen LogP contribution in [-0.4, -0.2) is 107 Å². The van der Waals surface area contributed by atoms with Gasteiger partial charge in [-0.15, -0.1) is 0 Å². The van der Waals surface area contributed by atoms with E-state index in [-0.39, 0.29) is 73.2 Å². The third-order valence-electron chi connectivity index (χ3n) is 5.49. The summed E-state index contributed by atoms with van der Waals surface area (Å²) in [4.78, 5) is 65.3. The minimum atomic E-state index is -1.38. The Morgan fingerprint density at radius 2 is 0.519 bits per heavy atom. The van der Waals surface area contributed by atoms with E-state index in [0.717, 1.165) is 0 Å². The summed E-state index contributed by atoms with van der Waals surface area (Å²) in [7, 11) is 0. The van der Waals surface area contributed by atoms with Crippen LogP contribution in [0.4, 0.5) is 0 Å². The smallest absolute Gasteiger partial charge is 0.550 e. The van der Waals surface area contributed by atoms with Crippen molar-refractivity contribution in [2.45, 2.75) is 196 Å². The number of aliphatic carboxylic acids is 3. The molecule has 0 spiro atoms. The average molecular weight is 763 g/mol.